The van der Waals surface area contributed by atoms with E-state index in [1.165, 1.54) is 0 Å². The SMILES string of the molecule is CC1CC(NC(=O)c2ccn[nH]2)CCN1.Cl. The van der Waals surface area contributed by atoms with Gasteiger partial charge in [-0.1, -0.05) is 0 Å². The topological polar surface area (TPSA) is 69.8 Å². The number of amides is 1. The molecule has 3 N–H and O–H groups in total. The molecular formula is C10H17ClN4O. The molecule has 0 bridgehead atoms. The molecular weight excluding hydrogens is 228 g/mol. The lowest BCUT2D eigenvalue weighted by atomic mass is 10.0. The molecule has 1 aliphatic rings. The fourth-order valence-corrected chi connectivity index (χ4v) is 1.91. The van der Waals surface area contributed by atoms with Crippen LogP contribution >= 0.6 is 12.4 Å². The smallest absolute Gasteiger partial charge is 0.269 e. The monoisotopic (exact) mass is 244 g/mol. The second-order valence-electron chi connectivity index (χ2n) is 4.02. The molecule has 2 unspecified atom stereocenters. The van der Waals surface area contributed by atoms with Crippen molar-refractivity contribution in [3.05, 3.63) is 18.0 Å². The number of rotatable bonds is 2. The van der Waals surface area contributed by atoms with Crippen LogP contribution in [0.1, 0.15) is 30.3 Å². The summed E-state index contributed by atoms with van der Waals surface area (Å²) in [6, 6.07) is 2.43. The summed E-state index contributed by atoms with van der Waals surface area (Å²) >= 11 is 0. The Morgan fingerprint density at radius 3 is 3.06 bits per heavy atom. The van der Waals surface area contributed by atoms with Crippen molar-refractivity contribution in [1.29, 1.82) is 0 Å². The Balaban J connectivity index is 0.00000128. The van der Waals surface area contributed by atoms with Gasteiger partial charge >= 0.3 is 0 Å². The molecule has 2 heterocycles. The molecule has 1 aromatic heterocycles. The first-order valence-electron chi connectivity index (χ1n) is 5.29. The van der Waals surface area contributed by atoms with Crippen LogP contribution in [0.25, 0.3) is 0 Å². The molecule has 5 nitrogen and oxygen atoms in total. The summed E-state index contributed by atoms with van der Waals surface area (Å²) in [5.41, 5.74) is 0.529. The predicted molar refractivity (Wildman–Crippen MR) is 63.8 cm³/mol. The fraction of sp³-hybridized carbons (Fsp3) is 0.600. The van der Waals surface area contributed by atoms with Crippen LogP contribution in [-0.4, -0.2) is 34.7 Å². The highest BCUT2D eigenvalue weighted by atomic mass is 35.5. The van der Waals surface area contributed by atoms with Gasteiger partial charge in [-0.15, -0.1) is 12.4 Å². The van der Waals surface area contributed by atoms with Crippen molar-refractivity contribution in [3.8, 4) is 0 Å². The minimum absolute atomic E-state index is 0. The van der Waals surface area contributed by atoms with E-state index in [0.29, 0.717) is 11.7 Å². The summed E-state index contributed by atoms with van der Waals surface area (Å²) in [5, 5.41) is 12.8. The zero-order valence-corrected chi connectivity index (χ0v) is 10.0. The van der Waals surface area contributed by atoms with Crippen LogP contribution in [0.3, 0.4) is 0 Å². The lowest BCUT2D eigenvalue weighted by Gasteiger charge is -2.28. The maximum absolute atomic E-state index is 11.7. The van der Waals surface area contributed by atoms with E-state index in [0.717, 1.165) is 19.4 Å². The summed E-state index contributed by atoms with van der Waals surface area (Å²) in [4.78, 5) is 11.7. The van der Waals surface area contributed by atoms with Crippen molar-refractivity contribution in [3.63, 3.8) is 0 Å². The highest BCUT2D eigenvalue weighted by Gasteiger charge is 2.20. The maximum Gasteiger partial charge on any atom is 0.269 e. The molecule has 1 aromatic rings. The first-order chi connectivity index (χ1) is 7.25. The van der Waals surface area contributed by atoms with Crippen LogP contribution in [0.15, 0.2) is 12.3 Å². The average molecular weight is 245 g/mol. The summed E-state index contributed by atoms with van der Waals surface area (Å²) < 4.78 is 0. The number of hydrogen-bond acceptors (Lipinski definition) is 3. The quantitative estimate of drug-likeness (QED) is 0.718. The number of hydrogen-bond donors (Lipinski definition) is 3. The Labute approximate surface area is 101 Å². The van der Waals surface area contributed by atoms with Crippen LogP contribution < -0.4 is 10.6 Å². The van der Waals surface area contributed by atoms with Gasteiger partial charge in [-0.25, -0.2) is 0 Å². The van der Waals surface area contributed by atoms with Crippen LogP contribution in [0.4, 0.5) is 0 Å². The van der Waals surface area contributed by atoms with Gasteiger partial charge in [0.1, 0.15) is 5.69 Å². The van der Waals surface area contributed by atoms with Crippen molar-refractivity contribution in [2.45, 2.75) is 31.8 Å². The molecule has 1 saturated heterocycles. The predicted octanol–water partition coefficient (Wildman–Crippen LogP) is 0.702. The van der Waals surface area contributed by atoms with Gasteiger partial charge in [-0.05, 0) is 32.4 Å². The summed E-state index contributed by atoms with van der Waals surface area (Å²) in [7, 11) is 0. The third kappa shape index (κ3) is 3.21. The summed E-state index contributed by atoms with van der Waals surface area (Å²) in [6.07, 6.45) is 3.56. The minimum Gasteiger partial charge on any atom is -0.348 e. The minimum atomic E-state index is -0.0633. The Bertz CT molecular complexity index is 328. The molecule has 0 aliphatic carbocycles. The number of carbonyl (C=O) groups is 1. The number of halogens is 1. The fourth-order valence-electron chi connectivity index (χ4n) is 1.91. The number of aromatic amines is 1. The Hall–Kier alpha value is -1.07. The van der Waals surface area contributed by atoms with E-state index >= 15 is 0 Å². The average Bonchev–Trinajstić information content (AvgIpc) is 2.70. The molecule has 0 aromatic carbocycles. The first-order valence-corrected chi connectivity index (χ1v) is 5.29. The molecule has 0 radical (unpaired) electrons. The van der Waals surface area contributed by atoms with Crippen LogP contribution in [0.2, 0.25) is 0 Å². The van der Waals surface area contributed by atoms with Crippen LogP contribution in [-0.2, 0) is 0 Å². The Morgan fingerprint density at radius 2 is 2.44 bits per heavy atom. The largest absolute Gasteiger partial charge is 0.348 e. The second-order valence-corrected chi connectivity index (χ2v) is 4.02. The third-order valence-electron chi connectivity index (χ3n) is 2.70. The molecule has 0 saturated carbocycles. The molecule has 0 spiro atoms. The molecule has 2 rings (SSSR count). The second kappa shape index (κ2) is 5.86. The number of piperidine rings is 1. The number of nitrogens with one attached hydrogen (secondary N) is 3. The van der Waals surface area contributed by atoms with Gasteiger partial charge in [0.15, 0.2) is 0 Å². The van der Waals surface area contributed by atoms with Crippen molar-refractivity contribution >= 4 is 18.3 Å². The molecule has 6 heteroatoms. The summed E-state index contributed by atoms with van der Waals surface area (Å²) in [5.74, 6) is -0.0633. The number of aromatic nitrogens is 2. The van der Waals surface area contributed by atoms with Crippen molar-refractivity contribution in [1.82, 2.24) is 20.8 Å². The first kappa shape index (κ1) is 13.0. The molecule has 2 atom stereocenters. The summed E-state index contributed by atoms with van der Waals surface area (Å²) in [6.45, 7) is 3.10. The standard InChI is InChI=1S/C10H16N4O.ClH/c1-7-6-8(2-4-11-7)13-10(15)9-3-5-12-14-9;/h3,5,7-8,11H,2,4,6H2,1H3,(H,12,14)(H,13,15);1H. The van der Waals surface area contributed by atoms with Crippen molar-refractivity contribution in [2.24, 2.45) is 0 Å². The van der Waals surface area contributed by atoms with Gasteiger partial charge in [0.25, 0.3) is 5.91 Å². The number of H-pyrrole nitrogens is 1. The van der Waals surface area contributed by atoms with Crippen LogP contribution in [0, 0.1) is 0 Å². The van der Waals surface area contributed by atoms with E-state index in [1.54, 1.807) is 12.3 Å². The van der Waals surface area contributed by atoms with Gasteiger partial charge in [0.2, 0.25) is 0 Å². The van der Waals surface area contributed by atoms with Crippen molar-refractivity contribution < 1.29 is 4.79 Å². The van der Waals surface area contributed by atoms with Gasteiger partial charge in [-0.2, -0.15) is 5.10 Å². The zero-order chi connectivity index (χ0) is 10.7. The number of carbonyl (C=O) groups excluding carboxylic acids is 1. The van der Waals surface area contributed by atoms with E-state index in [1.807, 2.05) is 0 Å². The Morgan fingerprint density at radius 1 is 1.62 bits per heavy atom. The van der Waals surface area contributed by atoms with E-state index in [4.69, 9.17) is 0 Å². The molecule has 1 aliphatic heterocycles. The molecule has 16 heavy (non-hydrogen) atoms. The molecule has 90 valence electrons. The van der Waals surface area contributed by atoms with E-state index in [-0.39, 0.29) is 24.4 Å². The molecule has 1 fully saturated rings. The molecule has 1 amide bonds. The number of nitrogens with zero attached hydrogens (tertiary/aromatic N) is 1. The van der Waals surface area contributed by atoms with Crippen LogP contribution in [0.5, 0.6) is 0 Å². The van der Waals surface area contributed by atoms with Gasteiger partial charge in [0, 0.05) is 18.3 Å². The highest BCUT2D eigenvalue weighted by molar-refractivity contribution is 5.92. The maximum atomic E-state index is 11.7. The highest BCUT2D eigenvalue weighted by Crippen LogP contribution is 2.08. The van der Waals surface area contributed by atoms with Gasteiger partial charge < -0.3 is 10.6 Å². The third-order valence-corrected chi connectivity index (χ3v) is 2.70. The van der Waals surface area contributed by atoms with Gasteiger partial charge in [-0.3, -0.25) is 9.89 Å². The zero-order valence-electron chi connectivity index (χ0n) is 9.19. The van der Waals surface area contributed by atoms with E-state index < -0.39 is 0 Å². The Kier molecular flexibility index (Phi) is 4.76. The normalized spacial score (nSPS) is 24.6. The van der Waals surface area contributed by atoms with Crippen molar-refractivity contribution in [2.75, 3.05) is 6.54 Å². The van der Waals surface area contributed by atoms with Gasteiger partial charge in [0.05, 0.1) is 0 Å². The lowest BCUT2D eigenvalue weighted by Crippen LogP contribution is -2.46. The van der Waals surface area contributed by atoms with E-state index in [9.17, 15) is 4.79 Å². The lowest BCUT2D eigenvalue weighted by molar-refractivity contribution is 0.0920. The van der Waals surface area contributed by atoms with E-state index in [2.05, 4.69) is 27.8 Å².